The van der Waals surface area contributed by atoms with Gasteiger partial charge in [-0.25, -0.2) is 0 Å². The van der Waals surface area contributed by atoms with Gasteiger partial charge in [0.25, 0.3) is 0 Å². The van der Waals surface area contributed by atoms with Crippen LogP contribution in [-0.4, -0.2) is 37.2 Å². The van der Waals surface area contributed by atoms with E-state index in [9.17, 15) is 0 Å². The third-order valence-electron chi connectivity index (χ3n) is 4.12. The zero-order valence-electron chi connectivity index (χ0n) is 13.6. The Balaban J connectivity index is 1.75. The van der Waals surface area contributed by atoms with E-state index in [0.717, 1.165) is 32.8 Å². The van der Waals surface area contributed by atoms with Gasteiger partial charge >= 0.3 is 0 Å². The average molecular weight is 290 g/mol. The van der Waals surface area contributed by atoms with Gasteiger partial charge in [-0.1, -0.05) is 38.3 Å². The van der Waals surface area contributed by atoms with E-state index in [1.54, 1.807) is 0 Å². The molecule has 1 N–H and O–H groups in total. The van der Waals surface area contributed by atoms with Crippen LogP contribution in [-0.2, 0) is 11.3 Å². The maximum Gasteiger partial charge on any atom is 0.0594 e. The van der Waals surface area contributed by atoms with Crippen LogP contribution in [0.3, 0.4) is 0 Å². The van der Waals surface area contributed by atoms with Crippen molar-refractivity contribution < 1.29 is 4.74 Å². The predicted molar refractivity (Wildman–Crippen MR) is 89.8 cm³/mol. The third kappa shape index (κ3) is 6.06. The summed E-state index contributed by atoms with van der Waals surface area (Å²) in [6.45, 7) is 9.41. The molecule has 0 saturated carbocycles. The SMILES string of the molecule is CCCCCC(C)Nc1ccc(CN2CCOCC2)cc1. The molecule has 1 aliphatic rings. The number of rotatable bonds is 8. The van der Waals surface area contributed by atoms with E-state index >= 15 is 0 Å². The Bertz CT molecular complexity index is 385. The standard InChI is InChI=1S/C18H30N2O/c1-3-4-5-6-16(2)19-18-9-7-17(8-10-18)15-20-11-13-21-14-12-20/h7-10,16,19H,3-6,11-15H2,1-2H3. The summed E-state index contributed by atoms with van der Waals surface area (Å²) >= 11 is 0. The number of morpholine rings is 1. The summed E-state index contributed by atoms with van der Waals surface area (Å²) in [5, 5.41) is 3.60. The zero-order valence-corrected chi connectivity index (χ0v) is 13.6. The van der Waals surface area contributed by atoms with Crippen molar-refractivity contribution in [2.45, 2.75) is 52.1 Å². The number of unbranched alkanes of at least 4 members (excludes halogenated alkanes) is 2. The van der Waals surface area contributed by atoms with Gasteiger partial charge in [0.05, 0.1) is 13.2 Å². The summed E-state index contributed by atoms with van der Waals surface area (Å²) in [6.07, 6.45) is 5.20. The number of benzene rings is 1. The highest BCUT2D eigenvalue weighted by Gasteiger charge is 2.10. The maximum absolute atomic E-state index is 5.39. The lowest BCUT2D eigenvalue weighted by Gasteiger charge is -2.26. The van der Waals surface area contributed by atoms with Crippen molar-refractivity contribution in [3.05, 3.63) is 29.8 Å². The number of nitrogens with one attached hydrogen (secondary N) is 1. The molecule has 1 aromatic carbocycles. The number of ether oxygens (including phenoxy) is 1. The number of hydrogen-bond donors (Lipinski definition) is 1. The number of anilines is 1. The molecule has 2 rings (SSSR count). The Hall–Kier alpha value is -1.06. The predicted octanol–water partition coefficient (Wildman–Crippen LogP) is 3.90. The number of nitrogens with zero attached hydrogens (tertiary/aromatic N) is 1. The molecule has 1 unspecified atom stereocenters. The van der Waals surface area contributed by atoms with Crippen LogP contribution in [0.25, 0.3) is 0 Å². The zero-order chi connectivity index (χ0) is 14.9. The quantitative estimate of drug-likeness (QED) is 0.735. The van der Waals surface area contributed by atoms with Gasteiger partial charge in [0.2, 0.25) is 0 Å². The summed E-state index contributed by atoms with van der Waals surface area (Å²) in [5.41, 5.74) is 2.63. The minimum Gasteiger partial charge on any atom is -0.383 e. The molecule has 1 heterocycles. The lowest BCUT2D eigenvalue weighted by atomic mass is 10.1. The molecule has 21 heavy (non-hydrogen) atoms. The van der Waals surface area contributed by atoms with E-state index < -0.39 is 0 Å². The maximum atomic E-state index is 5.39. The first-order chi connectivity index (χ1) is 10.3. The van der Waals surface area contributed by atoms with Crippen molar-refractivity contribution in [3.8, 4) is 0 Å². The highest BCUT2D eigenvalue weighted by molar-refractivity contribution is 5.45. The Labute approximate surface area is 129 Å². The molecule has 0 aliphatic carbocycles. The van der Waals surface area contributed by atoms with Crippen LogP contribution in [0.1, 0.15) is 45.1 Å². The van der Waals surface area contributed by atoms with Crippen molar-refractivity contribution in [1.29, 1.82) is 0 Å². The monoisotopic (exact) mass is 290 g/mol. The van der Waals surface area contributed by atoms with Crippen molar-refractivity contribution in [1.82, 2.24) is 4.90 Å². The summed E-state index contributed by atoms with van der Waals surface area (Å²) in [4.78, 5) is 2.46. The van der Waals surface area contributed by atoms with Crippen LogP contribution in [0, 0.1) is 0 Å². The fourth-order valence-corrected chi connectivity index (χ4v) is 2.78. The van der Waals surface area contributed by atoms with Crippen LogP contribution < -0.4 is 5.32 Å². The molecule has 0 radical (unpaired) electrons. The minimum atomic E-state index is 0.557. The van der Waals surface area contributed by atoms with Crippen LogP contribution in [0.15, 0.2) is 24.3 Å². The third-order valence-corrected chi connectivity index (χ3v) is 4.12. The molecule has 0 amide bonds. The van der Waals surface area contributed by atoms with Crippen molar-refractivity contribution in [3.63, 3.8) is 0 Å². The van der Waals surface area contributed by atoms with Crippen LogP contribution in [0.5, 0.6) is 0 Å². The summed E-state index contributed by atoms with van der Waals surface area (Å²) in [6, 6.07) is 9.48. The van der Waals surface area contributed by atoms with Crippen LogP contribution in [0.2, 0.25) is 0 Å². The van der Waals surface area contributed by atoms with Crippen LogP contribution in [0.4, 0.5) is 5.69 Å². The van der Waals surface area contributed by atoms with Crippen molar-refractivity contribution >= 4 is 5.69 Å². The first-order valence-electron chi connectivity index (χ1n) is 8.43. The second-order valence-corrected chi connectivity index (χ2v) is 6.13. The first kappa shape index (κ1) is 16.3. The van der Waals surface area contributed by atoms with Crippen molar-refractivity contribution in [2.24, 2.45) is 0 Å². The molecule has 1 fully saturated rings. The second-order valence-electron chi connectivity index (χ2n) is 6.13. The van der Waals surface area contributed by atoms with Gasteiger partial charge in [0, 0.05) is 31.4 Å². The van der Waals surface area contributed by atoms with Gasteiger partial charge in [0.1, 0.15) is 0 Å². The van der Waals surface area contributed by atoms with Gasteiger partial charge in [-0.15, -0.1) is 0 Å². The Kier molecular flexibility index (Phi) is 7.04. The number of hydrogen-bond acceptors (Lipinski definition) is 3. The Morgan fingerprint density at radius 1 is 1.14 bits per heavy atom. The van der Waals surface area contributed by atoms with E-state index in [2.05, 4.69) is 48.3 Å². The van der Waals surface area contributed by atoms with E-state index in [1.807, 2.05) is 0 Å². The molecule has 1 atom stereocenters. The topological polar surface area (TPSA) is 24.5 Å². The normalized spacial score (nSPS) is 17.6. The van der Waals surface area contributed by atoms with Gasteiger partial charge in [-0.3, -0.25) is 4.90 Å². The largest absolute Gasteiger partial charge is 0.383 e. The molecule has 0 bridgehead atoms. The Morgan fingerprint density at radius 2 is 1.86 bits per heavy atom. The average Bonchev–Trinajstić information content (AvgIpc) is 2.51. The summed E-state index contributed by atoms with van der Waals surface area (Å²) in [7, 11) is 0. The Morgan fingerprint density at radius 3 is 2.52 bits per heavy atom. The molecule has 118 valence electrons. The highest BCUT2D eigenvalue weighted by atomic mass is 16.5. The summed E-state index contributed by atoms with van der Waals surface area (Å²) in [5.74, 6) is 0. The highest BCUT2D eigenvalue weighted by Crippen LogP contribution is 2.15. The molecule has 0 spiro atoms. The van der Waals surface area contributed by atoms with E-state index in [4.69, 9.17) is 4.74 Å². The molecule has 1 aliphatic heterocycles. The molecular formula is C18H30N2O. The van der Waals surface area contributed by atoms with Gasteiger partial charge in [-0.05, 0) is 31.0 Å². The van der Waals surface area contributed by atoms with E-state index in [-0.39, 0.29) is 0 Å². The molecule has 1 aromatic rings. The lowest BCUT2D eigenvalue weighted by Crippen LogP contribution is -2.35. The first-order valence-corrected chi connectivity index (χ1v) is 8.43. The van der Waals surface area contributed by atoms with E-state index in [1.165, 1.54) is 36.9 Å². The molecular weight excluding hydrogens is 260 g/mol. The van der Waals surface area contributed by atoms with Crippen LogP contribution >= 0.6 is 0 Å². The van der Waals surface area contributed by atoms with Gasteiger partial charge < -0.3 is 10.1 Å². The minimum absolute atomic E-state index is 0.557. The molecule has 1 saturated heterocycles. The lowest BCUT2D eigenvalue weighted by molar-refractivity contribution is 0.0342. The smallest absolute Gasteiger partial charge is 0.0594 e. The molecule has 3 heteroatoms. The van der Waals surface area contributed by atoms with Gasteiger partial charge in [-0.2, -0.15) is 0 Å². The summed E-state index contributed by atoms with van der Waals surface area (Å²) < 4.78 is 5.39. The van der Waals surface area contributed by atoms with Gasteiger partial charge in [0.15, 0.2) is 0 Å². The fourth-order valence-electron chi connectivity index (χ4n) is 2.78. The van der Waals surface area contributed by atoms with E-state index in [0.29, 0.717) is 6.04 Å². The second kappa shape index (κ2) is 9.06. The molecule has 0 aromatic heterocycles. The van der Waals surface area contributed by atoms with Crippen molar-refractivity contribution in [2.75, 3.05) is 31.6 Å². The molecule has 3 nitrogen and oxygen atoms in total. The fraction of sp³-hybridized carbons (Fsp3) is 0.667.